The first-order valence-electron chi connectivity index (χ1n) is 8.29. The van der Waals surface area contributed by atoms with Crippen molar-refractivity contribution in [1.29, 1.82) is 0 Å². The van der Waals surface area contributed by atoms with Crippen LogP contribution in [0.1, 0.15) is 31.4 Å². The molecule has 136 valence electrons. The highest BCUT2D eigenvalue weighted by Gasteiger charge is 2.08. The molecule has 0 spiro atoms. The van der Waals surface area contributed by atoms with Gasteiger partial charge in [0.15, 0.2) is 15.8 Å². The second-order valence-corrected chi connectivity index (χ2v) is 8.02. The van der Waals surface area contributed by atoms with E-state index >= 15 is 0 Å². The maximum Gasteiger partial charge on any atom is 0.191 e. The Balaban J connectivity index is 2.60. The summed E-state index contributed by atoms with van der Waals surface area (Å²) in [5, 5.41) is 6.21. The van der Waals surface area contributed by atoms with Crippen molar-refractivity contribution in [3.63, 3.8) is 0 Å². The molecule has 0 aliphatic carbocycles. The van der Waals surface area contributed by atoms with E-state index in [2.05, 4.69) is 22.5 Å². The molecule has 1 aromatic carbocycles. The van der Waals surface area contributed by atoms with Gasteiger partial charge in [0.1, 0.15) is 5.75 Å². The van der Waals surface area contributed by atoms with E-state index in [0.29, 0.717) is 25.7 Å². The summed E-state index contributed by atoms with van der Waals surface area (Å²) in [5.41, 5.74) is 2.19. The standard InChI is InChI=1S/C17H29N3O3S/c1-5-10-23-16-12-14(3)7-8-15(16)13-20-17(18-4)19-9-11-24(21,22)6-2/h7-8,12H,5-6,9-11,13H2,1-4H3,(H2,18,19,20). The van der Waals surface area contributed by atoms with Crippen LogP contribution in [0.3, 0.4) is 0 Å². The zero-order valence-electron chi connectivity index (χ0n) is 15.1. The number of nitrogens with one attached hydrogen (secondary N) is 2. The number of nitrogens with zero attached hydrogens (tertiary/aromatic N) is 1. The molecule has 6 nitrogen and oxygen atoms in total. The molecular formula is C17H29N3O3S. The van der Waals surface area contributed by atoms with E-state index in [0.717, 1.165) is 23.3 Å². The third-order valence-electron chi connectivity index (χ3n) is 3.50. The zero-order chi connectivity index (χ0) is 18.0. The fraction of sp³-hybridized carbons (Fsp3) is 0.588. The zero-order valence-corrected chi connectivity index (χ0v) is 15.9. The fourth-order valence-electron chi connectivity index (χ4n) is 2.02. The molecule has 0 saturated carbocycles. The van der Waals surface area contributed by atoms with E-state index in [1.165, 1.54) is 0 Å². The molecule has 0 saturated heterocycles. The van der Waals surface area contributed by atoms with E-state index in [1.807, 2.05) is 25.1 Å². The third-order valence-corrected chi connectivity index (χ3v) is 5.21. The summed E-state index contributed by atoms with van der Waals surface area (Å²) >= 11 is 0. The Labute approximate surface area is 145 Å². The van der Waals surface area contributed by atoms with Gasteiger partial charge < -0.3 is 15.4 Å². The van der Waals surface area contributed by atoms with Gasteiger partial charge in [-0.3, -0.25) is 4.99 Å². The summed E-state index contributed by atoms with van der Waals surface area (Å²) < 4.78 is 28.8. The van der Waals surface area contributed by atoms with E-state index in [9.17, 15) is 8.42 Å². The molecule has 2 N–H and O–H groups in total. The summed E-state index contributed by atoms with van der Waals surface area (Å²) in [5.74, 6) is 1.69. The van der Waals surface area contributed by atoms with E-state index in [-0.39, 0.29) is 11.5 Å². The lowest BCUT2D eigenvalue weighted by molar-refractivity contribution is 0.313. The number of hydrogen-bond donors (Lipinski definition) is 2. The average Bonchev–Trinajstić information content (AvgIpc) is 2.57. The van der Waals surface area contributed by atoms with Gasteiger partial charge >= 0.3 is 0 Å². The maximum absolute atomic E-state index is 11.5. The van der Waals surface area contributed by atoms with Gasteiger partial charge in [-0.15, -0.1) is 0 Å². The average molecular weight is 356 g/mol. The van der Waals surface area contributed by atoms with Gasteiger partial charge in [0.2, 0.25) is 0 Å². The van der Waals surface area contributed by atoms with Crippen molar-refractivity contribution >= 4 is 15.8 Å². The molecular weight excluding hydrogens is 326 g/mol. The van der Waals surface area contributed by atoms with Crippen LogP contribution in [0.25, 0.3) is 0 Å². The van der Waals surface area contributed by atoms with Crippen LogP contribution >= 0.6 is 0 Å². The molecule has 0 fully saturated rings. The van der Waals surface area contributed by atoms with Crippen molar-refractivity contribution in [1.82, 2.24) is 10.6 Å². The minimum atomic E-state index is -2.98. The number of hydrogen-bond acceptors (Lipinski definition) is 4. The molecule has 7 heteroatoms. The van der Waals surface area contributed by atoms with Gasteiger partial charge in [0.05, 0.1) is 12.4 Å². The maximum atomic E-state index is 11.5. The van der Waals surface area contributed by atoms with Gasteiger partial charge in [-0.25, -0.2) is 8.42 Å². The molecule has 0 atom stereocenters. The molecule has 24 heavy (non-hydrogen) atoms. The number of aryl methyl sites for hydroxylation is 1. The number of benzene rings is 1. The SMILES string of the molecule is CCCOc1cc(C)ccc1CNC(=NC)NCCS(=O)(=O)CC. The highest BCUT2D eigenvalue weighted by Crippen LogP contribution is 2.20. The summed E-state index contributed by atoms with van der Waals surface area (Å²) in [6.45, 7) is 7.33. The summed E-state index contributed by atoms with van der Waals surface area (Å²) in [7, 11) is -1.32. The highest BCUT2D eigenvalue weighted by molar-refractivity contribution is 7.91. The molecule has 1 aromatic rings. The molecule has 0 aliphatic rings. The normalized spacial score (nSPS) is 12.1. The summed E-state index contributed by atoms with van der Waals surface area (Å²) in [4.78, 5) is 4.12. The van der Waals surface area contributed by atoms with Crippen molar-refractivity contribution in [2.75, 3.05) is 31.7 Å². The number of aliphatic imine (C=N–C) groups is 1. The van der Waals surface area contributed by atoms with Crippen LogP contribution in [-0.4, -0.2) is 46.1 Å². The Hall–Kier alpha value is -1.76. The number of sulfone groups is 1. The lowest BCUT2D eigenvalue weighted by Crippen LogP contribution is -2.39. The number of guanidine groups is 1. The van der Waals surface area contributed by atoms with E-state index in [4.69, 9.17) is 4.74 Å². The summed E-state index contributed by atoms with van der Waals surface area (Å²) in [6.07, 6.45) is 0.954. The van der Waals surface area contributed by atoms with Crippen molar-refractivity contribution in [3.05, 3.63) is 29.3 Å². The van der Waals surface area contributed by atoms with Crippen molar-refractivity contribution in [2.24, 2.45) is 4.99 Å². The Morgan fingerprint density at radius 3 is 2.62 bits per heavy atom. The smallest absolute Gasteiger partial charge is 0.191 e. The second-order valence-electron chi connectivity index (χ2n) is 5.55. The van der Waals surface area contributed by atoms with Gasteiger partial charge in [0.25, 0.3) is 0 Å². The Kier molecular flexibility index (Phi) is 8.60. The second kappa shape index (κ2) is 10.2. The van der Waals surface area contributed by atoms with Crippen molar-refractivity contribution < 1.29 is 13.2 Å². The van der Waals surface area contributed by atoms with Gasteiger partial charge in [-0.2, -0.15) is 0 Å². The predicted molar refractivity (Wildman–Crippen MR) is 99.5 cm³/mol. The van der Waals surface area contributed by atoms with E-state index < -0.39 is 9.84 Å². The Morgan fingerprint density at radius 1 is 1.25 bits per heavy atom. The Bertz CT molecular complexity index is 642. The van der Waals surface area contributed by atoms with Crippen LogP contribution in [0.5, 0.6) is 5.75 Å². The van der Waals surface area contributed by atoms with Gasteiger partial charge in [0, 0.05) is 31.5 Å². The molecule has 0 unspecified atom stereocenters. The van der Waals surface area contributed by atoms with Gasteiger partial charge in [-0.05, 0) is 25.0 Å². The number of ether oxygens (including phenoxy) is 1. The molecule has 0 radical (unpaired) electrons. The molecule has 0 amide bonds. The largest absolute Gasteiger partial charge is 0.493 e. The topological polar surface area (TPSA) is 79.8 Å². The fourth-order valence-corrected chi connectivity index (χ4v) is 2.72. The minimum Gasteiger partial charge on any atom is -0.493 e. The monoisotopic (exact) mass is 355 g/mol. The predicted octanol–water partition coefficient (Wildman–Crippen LogP) is 1.88. The van der Waals surface area contributed by atoms with Crippen molar-refractivity contribution in [2.45, 2.75) is 33.7 Å². The van der Waals surface area contributed by atoms with Crippen LogP contribution in [0, 0.1) is 6.92 Å². The highest BCUT2D eigenvalue weighted by atomic mass is 32.2. The number of rotatable bonds is 9. The first-order valence-corrected chi connectivity index (χ1v) is 10.1. The van der Waals surface area contributed by atoms with Crippen molar-refractivity contribution in [3.8, 4) is 5.75 Å². The molecule has 1 rings (SSSR count). The van der Waals surface area contributed by atoms with Crippen LogP contribution in [0.2, 0.25) is 0 Å². The van der Waals surface area contributed by atoms with Crippen LogP contribution in [0.4, 0.5) is 0 Å². The third kappa shape index (κ3) is 7.21. The van der Waals surface area contributed by atoms with Crippen LogP contribution in [-0.2, 0) is 16.4 Å². The van der Waals surface area contributed by atoms with Crippen LogP contribution < -0.4 is 15.4 Å². The molecule has 0 heterocycles. The first-order chi connectivity index (χ1) is 11.4. The molecule has 0 aliphatic heterocycles. The first kappa shape index (κ1) is 20.3. The quantitative estimate of drug-likeness (QED) is 0.522. The molecule has 0 bridgehead atoms. The minimum absolute atomic E-state index is 0.0968. The van der Waals surface area contributed by atoms with Crippen LogP contribution in [0.15, 0.2) is 23.2 Å². The lowest BCUT2D eigenvalue weighted by atomic mass is 10.1. The summed E-state index contributed by atoms with van der Waals surface area (Å²) in [6, 6.07) is 6.10. The lowest BCUT2D eigenvalue weighted by Gasteiger charge is -2.15. The van der Waals surface area contributed by atoms with E-state index in [1.54, 1.807) is 14.0 Å². The van der Waals surface area contributed by atoms with Gasteiger partial charge in [-0.1, -0.05) is 26.0 Å². The Morgan fingerprint density at radius 2 is 2.00 bits per heavy atom. The molecule has 0 aromatic heterocycles.